The molecule has 0 unspecified atom stereocenters. The van der Waals surface area contributed by atoms with Crippen LogP contribution < -0.4 is 17.1 Å². The minimum atomic E-state index is -0.833. The molecule has 0 aliphatic heterocycles. The molecule has 0 saturated heterocycles. The molecule has 1 rings (SSSR count). The quantitative estimate of drug-likeness (QED) is 0.368. The van der Waals surface area contributed by atoms with Gasteiger partial charge in [-0.1, -0.05) is 0 Å². The third-order valence-electron chi connectivity index (χ3n) is 0.681. The summed E-state index contributed by atoms with van der Waals surface area (Å²) in [5, 5.41) is 7.42. The first-order valence-electron chi connectivity index (χ1n) is 3.04. The van der Waals surface area contributed by atoms with E-state index in [1.165, 1.54) is 0 Å². The summed E-state index contributed by atoms with van der Waals surface area (Å²) in [6, 6.07) is 0. The Morgan fingerprint density at radius 2 is 1.15 bits per heavy atom. The van der Waals surface area contributed by atoms with Crippen LogP contribution in [0.3, 0.4) is 0 Å². The lowest BCUT2D eigenvalue weighted by atomic mass is 10.9. The molecule has 0 atom stereocenters. The van der Waals surface area contributed by atoms with Crippen LogP contribution in [0.15, 0.2) is 14.4 Å². The monoisotopic (exact) mass is 189 g/mol. The van der Waals surface area contributed by atoms with E-state index in [1.807, 2.05) is 0 Å². The summed E-state index contributed by atoms with van der Waals surface area (Å²) in [7, 11) is 0. The molecule has 0 aliphatic rings. The normalized spacial score (nSPS) is 8.38. The van der Waals surface area contributed by atoms with E-state index in [9.17, 15) is 14.4 Å². The SMILES string of the molecule is CC(=O)O.O=c1[nH]c(=O)[nH]c(=O)[nH]1. The highest BCUT2D eigenvalue weighted by atomic mass is 16.4. The molecular weight excluding hydrogens is 182 g/mol. The summed E-state index contributed by atoms with van der Waals surface area (Å²) in [6.45, 7) is 1.08. The number of carboxylic acid groups (broad SMARTS) is 1. The van der Waals surface area contributed by atoms with Crippen LogP contribution in [0.1, 0.15) is 6.92 Å². The molecule has 0 radical (unpaired) electrons. The van der Waals surface area contributed by atoms with Gasteiger partial charge in [0, 0.05) is 6.92 Å². The van der Waals surface area contributed by atoms with Crippen molar-refractivity contribution in [3.05, 3.63) is 31.5 Å². The summed E-state index contributed by atoms with van der Waals surface area (Å²) in [5.74, 6) is -0.833. The van der Waals surface area contributed by atoms with Gasteiger partial charge < -0.3 is 5.11 Å². The highest BCUT2D eigenvalue weighted by Crippen LogP contribution is 1.42. The zero-order chi connectivity index (χ0) is 10.4. The average molecular weight is 189 g/mol. The van der Waals surface area contributed by atoms with Crippen molar-refractivity contribution in [2.75, 3.05) is 0 Å². The second-order valence-electron chi connectivity index (χ2n) is 1.88. The van der Waals surface area contributed by atoms with Gasteiger partial charge >= 0.3 is 17.1 Å². The van der Waals surface area contributed by atoms with Crippen molar-refractivity contribution < 1.29 is 9.90 Å². The molecule has 1 aromatic heterocycles. The molecule has 1 heterocycles. The Kier molecular flexibility index (Phi) is 3.93. The number of H-pyrrole nitrogens is 3. The lowest BCUT2D eigenvalue weighted by molar-refractivity contribution is -0.134. The smallest absolute Gasteiger partial charge is 0.330 e. The zero-order valence-electron chi connectivity index (χ0n) is 6.58. The Hall–Kier alpha value is -2.12. The van der Waals surface area contributed by atoms with E-state index in [-0.39, 0.29) is 0 Å². The first-order valence-corrected chi connectivity index (χ1v) is 3.04. The van der Waals surface area contributed by atoms with E-state index in [1.54, 1.807) is 15.0 Å². The van der Waals surface area contributed by atoms with Gasteiger partial charge in [-0.05, 0) is 0 Å². The van der Waals surface area contributed by atoms with E-state index in [0.717, 1.165) is 6.92 Å². The van der Waals surface area contributed by atoms with Crippen LogP contribution >= 0.6 is 0 Å². The summed E-state index contributed by atoms with van der Waals surface area (Å²) in [6.07, 6.45) is 0. The maximum Gasteiger partial charge on any atom is 0.330 e. The third kappa shape index (κ3) is 6.28. The number of hydrogen-bond donors (Lipinski definition) is 4. The van der Waals surface area contributed by atoms with E-state index in [2.05, 4.69) is 0 Å². The molecule has 4 N–H and O–H groups in total. The molecule has 1 aromatic rings. The fraction of sp³-hybridized carbons (Fsp3) is 0.200. The van der Waals surface area contributed by atoms with Crippen LogP contribution in [-0.2, 0) is 4.79 Å². The second kappa shape index (κ2) is 4.70. The number of hydrogen-bond acceptors (Lipinski definition) is 4. The van der Waals surface area contributed by atoms with E-state index in [4.69, 9.17) is 9.90 Å². The molecule has 0 fully saturated rings. The largest absolute Gasteiger partial charge is 0.481 e. The van der Waals surface area contributed by atoms with Gasteiger partial charge in [0.25, 0.3) is 5.97 Å². The van der Waals surface area contributed by atoms with Crippen LogP contribution in [0.4, 0.5) is 0 Å². The van der Waals surface area contributed by atoms with Crippen molar-refractivity contribution in [3.8, 4) is 0 Å². The summed E-state index contributed by atoms with van der Waals surface area (Å²) in [5.41, 5.74) is -2.41. The highest BCUT2D eigenvalue weighted by Gasteiger charge is 1.85. The summed E-state index contributed by atoms with van der Waals surface area (Å²) >= 11 is 0. The molecule has 0 saturated carbocycles. The van der Waals surface area contributed by atoms with Crippen LogP contribution in [-0.4, -0.2) is 26.0 Å². The second-order valence-corrected chi connectivity index (χ2v) is 1.88. The Bertz CT molecular complexity index is 356. The van der Waals surface area contributed by atoms with Gasteiger partial charge in [-0.2, -0.15) is 0 Å². The topological polar surface area (TPSA) is 136 Å². The Morgan fingerprint density at radius 3 is 1.31 bits per heavy atom. The van der Waals surface area contributed by atoms with Gasteiger partial charge in [0.2, 0.25) is 0 Å². The minimum absolute atomic E-state index is 0.802. The maximum atomic E-state index is 10.2. The molecular formula is C5H7N3O5. The number of carboxylic acids is 1. The van der Waals surface area contributed by atoms with Gasteiger partial charge in [0.1, 0.15) is 0 Å². The van der Waals surface area contributed by atoms with Crippen molar-refractivity contribution >= 4 is 5.97 Å². The van der Waals surface area contributed by atoms with E-state index in [0.29, 0.717) is 0 Å². The van der Waals surface area contributed by atoms with E-state index >= 15 is 0 Å². The maximum absolute atomic E-state index is 10.2. The molecule has 0 spiro atoms. The fourth-order valence-corrected chi connectivity index (χ4v) is 0.403. The van der Waals surface area contributed by atoms with Crippen LogP contribution in [0.2, 0.25) is 0 Å². The Labute approximate surface area is 70.3 Å². The van der Waals surface area contributed by atoms with Crippen LogP contribution in [0.25, 0.3) is 0 Å². The van der Waals surface area contributed by atoms with Crippen molar-refractivity contribution in [3.63, 3.8) is 0 Å². The fourth-order valence-electron chi connectivity index (χ4n) is 0.403. The molecule has 0 amide bonds. The van der Waals surface area contributed by atoms with Crippen LogP contribution in [0, 0.1) is 0 Å². The van der Waals surface area contributed by atoms with Gasteiger partial charge in [-0.15, -0.1) is 0 Å². The number of aromatic amines is 3. The van der Waals surface area contributed by atoms with Crippen molar-refractivity contribution in [2.24, 2.45) is 0 Å². The predicted molar refractivity (Wildman–Crippen MR) is 41.6 cm³/mol. The standard InChI is InChI=1S/C3H3N3O3.C2H4O2/c7-1-4-2(8)6-3(9)5-1;1-2(3)4/h(H3,4,5,6,7,8,9);1H3,(H,3,4). The number of nitrogens with one attached hydrogen (secondary N) is 3. The van der Waals surface area contributed by atoms with Gasteiger partial charge in [0.05, 0.1) is 0 Å². The number of aromatic nitrogens is 3. The number of aliphatic carboxylic acids is 1. The van der Waals surface area contributed by atoms with Gasteiger partial charge in [-0.3, -0.25) is 19.7 Å². The zero-order valence-corrected chi connectivity index (χ0v) is 6.58. The molecule has 0 aliphatic carbocycles. The summed E-state index contributed by atoms with van der Waals surface area (Å²) < 4.78 is 0. The highest BCUT2D eigenvalue weighted by molar-refractivity contribution is 5.62. The Balaban J connectivity index is 0.000000310. The Morgan fingerprint density at radius 1 is 1.00 bits per heavy atom. The van der Waals surface area contributed by atoms with Gasteiger partial charge in [0.15, 0.2) is 0 Å². The van der Waals surface area contributed by atoms with Crippen LogP contribution in [0.5, 0.6) is 0 Å². The molecule has 8 nitrogen and oxygen atoms in total. The minimum Gasteiger partial charge on any atom is -0.481 e. The van der Waals surface area contributed by atoms with Gasteiger partial charge in [-0.25, -0.2) is 14.4 Å². The summed E-state index contributed by atoms with van der Waals surface area (Å²) in [4.78, 5) is 44.9. The van der Waals surface area contributed by atoms with Crippen molar-refractivity contribution in [2.45, 2.75) is 6.92 Å². The van der Waals surface area contributed by atoms with Crippen molar-refractivity contribution in [1.82, 2.24) is 15.0 Å². The van der Waals surface area contributed by atoms with Crippen molar-refractivity contribution in [1.29, 1.82) is 0 Å². The van der Waals surface area contributed by atoms with E-state index < -0.39 is 23.0 Å². The number of rotatable bonds is 0. The molecule has 0 bridgehead atoms. The number of carbonyl (C=O) groups is 1. The lowest BCUT2D eigenvalue weighted by Crippen LogP contribution is -2.34. The average Bonchev–Trinajstić information content (AvgIpc) is 1.80. The lowest BCUT2D eigenvalue weighted by Gasteiger charge is -1.77. The molecule has 0 aromatic carbocycles. The predicted octanol–water partition coefficient (Wildman–Crippen LogP) is -2.16. The first kappa shape index (κ1) is 10.9. The molecule has 13 heavy (non-hydrogen) atoms. The molecule has 72 valence electrons. The first-order chi connectivity index (χ1) is 5.91. The molecule has 8 heteroatoms. The third-order valence-corrected chi connectivity index (χ3v) is 0.681.